The molecule has 27 heavy (non-hydrogen) atoms. The number of hydrogen-bond donors (Lipinski definition) is 1. The number of rotatable bonds is 3. The number of hydrogen-bond acceptors (Lipinski definition) is 3. The van der Waals surface area contributed by atoms with Crippen LogP contribution in [0.2, 0.25) is 0 Å². The van der Waals surface area contributed by atoms with Crippen molar-refractivity contribution in [2.75, 3.05) is 25.1 Å². The molecule has 0 unspecified atom stereocenters. The zero-order valence-corrected chi connectivity index (χ0v) is 16.2. The molecule has 4 nitrogen and oxygen atoms in total. The highest BCUT2D eigenvalue weighted by Gasteiger charge is 2.49. The molecule has 0 bridgehead atoms. The number of nitrogens with zero attached hydrogens (tertiary/aromatic N) is 2. The van der Waals surface area contributed by atoms with E-state index >= 15 is 0 Å². The number of carbonyl (C=O) groups is 1. The molecule has 2 aliphatic carbocycles. The number of likely N-dealkylation sites (N-methyl/N-ethyl adjacent to an activating group) is 1. The zero-order chi connectivity index (χ0) is 18.5. The van der Waals surface area contributed by atoms with Gasteiger partial charge in [0.05, 0.1) is 18.7 Å². The standard InChI is InChI=1S/C23H30N2O2/c1-24-20-10-9-17(15-5-3-2-4-6-15)13-19(20)22-18(21(24)14-26)11-12-25(22)23(27)16-7-8-16/h5,9-10,13,16,18,21-22,26H,2-4,6-8,11-12,14H2,1H3/t18-,21-,22-/m0/s1. The van der Waals surface area contributed by atoms with E-state index in [1.54, 1.807) is 0 Å². The van der Waals surface area contributed by atoms with Crippen LogP contribution < -0.4 is 4.90 Å². The number of aliphatic hydroxyl groups excluding tert-OH is 1. The largest absolute Gasteiger partial charge is 0.394 e. The van der Waals surface area contributed by atoms with Crippen LogP contribution in [-0.2, 0) is 4.79 Å². The van der Waals surface area contributed by atoms with Gasteiger partial charge < -0.3 is 14.9 Å². The maximum absolute atomic E-state index is 13.0. The first-order chi connectivity index (χ1) is 13.2. The molecule has 1 saturated heterocycles. The topological polar surface area (TPSA) is 43.8 Å². The number of benzene rings is 1. The molecule has 1 saturated carbocycles. The lowest BCUT2D eigenvalue weighted by atomic mass is 9.80. The predicted molar refractivity (Wildman–Crippen MR) is 107 cm³/mol. The van der Waals surface area contributed by atoms with Gasteiger partial charge in [-0.15, -0.1) is 0 Å². The summed E-state index contributed by atoms with van der Waals surface area (Å²) < 4.78 is 0. The van der Waals surface area contributed by atoms with E-state index in [0.29, 0.717) is 11.8 Å². The fourth-order valence-electron chi connectivity index (χ4n) is 5.57. The van der Waals surface area contributed by atoms with Gasteiger partial charge in [0.1, 0.15) is 0 Å². The van der Waals surface area contributed by atoms with E-state index in [1.165, 1.54) is 41.6 Å². The van der Waals surface area contributed by atoms with Crippen molar-refractivity contribution in [3.05, 3.63) is 35.4 Å². The van der Waals surface area contributed by atoms with Crippen molar-refractivity contribution in [2.45, 2.75) is 57.0 Å². The SMILES string of the molecule is CN1c2ccc(C3=CCCCC3)cc2[C@@H]2[C@@H](CCN2C(=O)C2CC2)[C@@H]1CO. The molecule has 3 atom stereocenters. The summed E-state index contributed by atoms with van der Waals surface area (Å²) in [5, 5.41) is 10.1. The number of carbonyl (C=O) groups excluding carboxylic acids is 1. The molecule has 1 aromatic rings. The van der Waals surface area contributed by atoms with Crippen LogP contribution in [0.4, 0.5) is 5.69 Å². The molecular formula is C23H30N2O2. The Kier molecular flexibility index (Phi) is 4.27. The molecular weight excluding hydrogens is 336 g/mol. The quantitative estimate of drug-likeness (QED) is 0.886. The Morgan fingerprint density at radius 1 is 1.22 bits per heavy atom. The summed E-state index contributed by atoms with van der Waals surface area (Å²) in [5.41, 5.74) is 5.27. The number of aliphatic hydroxyl groups is 1. The van der Waals surface area contributed by atoms with Gasteiger partial charge in [-0.2, -0.15) is 0 Å². The third-order valence-electron chi connectivity index (χ3n) is 7.22. The molecule has 1 aromatic carbocycles. The van der Waals surface area contributed by atoms with Crippen LogP contribution in [-0.4, -0.2) is 42.2 Å². The van der Waals surface area contributed by atoms with Gasteiger partial charge in [0.25, 0.3) is 0 Å². The lowest BCUT2D eigenvalue weighted by molar-refractivity contribution is -0.134. The van der Waals surface area contributed by atoms with E-state index in [1.807, 2.05) is 0 Å². The smallest absolute Gasteiger partial charge is 0.226 e. The number of amides is 1. The highest BCUT2D eigenvalue weighted by atomic mass is 16.3. The number of fused-ring (bicyclic) bond motifs is 3. The van der Waals surface area contributed by atoms with Crippen molar-refractivity contribution >= 4 is 17.2 Å². The molecule has 5 rings (SSSR count). The average Bonchev–Trinajstić information content (AvgIpc) is 3.47. The molecule has 1 N–H and O–H groups in total. The van der Waals surface area contributed by atoms with Gasteiger partial charge >= 0.3 is 0 Å². The van der Waals surface area contributed by atoms with Gasteiger partial charge in [-0.3, -0.25) is 4.79 Å². The molecule has 4 aliphatic rings. The summed E-state index contributed by atoms with van der Waals surface area (Å²) in [6, 6.07) is 7.04. The van der Waals surface area contributed by atoms with Gasteiger partial charge in [0.15, 0.2) is 0 Å². The van der Waals surface area contributed by atoms with Gasteiger partial charge in [0.2, 0.25) is 5.91 Å². The molecule has 0 spiro atoms. The molecule has 2 fully saturated rings. The third-order valence-corrected chi connectivity index (χ3v) is 7.22. The average molecular weight is 367 g/mol. The minimum atomic E-state index is 0.0965. The minimum Gasteiger partial charge on any atom is -0.394 e. The molecule has 0 radical (unpaired) electrons. The molecule has 0 aromatic heterocycles. The maximum atomic E-state index is 13.0. The Labute approximate surface area is 161 Å². The van der Waals surface area contributed by atoms with Crippen molar-refractivity contribution in [3.63, 3.8) is 0 Å². The zero-order valence-electron chi connectivity index (χ0n) is 16.2. The highest BCUT2D eigenvalue weighted by molar-refractivity contribution is 5.83. The van der Waals surface area contributed by atoms with Crippen LogP contribution in [0, 0.1) is 11.8 Å². The summed E-state index contributed by atoms with van der Waals surface area (Å²) in [4.78, 5) is 17.4. The molecule has 2 aliphatic heterocycles. The fourth-order valence-corrected chi connectivity index (χ4v) is 5.57. The van der Waals surface area contributed by atoms with E-state index in [2.05, 4.69) is 41.1 Å². The Morgan fingerprint density at radius 2 is 2.07 bits per heavy atom. The van der Waals surface area contributed by atoms with Crippen LogP contribution >= 0.6 is 0 Å². The molecule has 2 heterocycles. The summed E-state index contributed by atoms with van der Waals surface area (Å²) in [7, 11) is 2.10. The Morgan fingerprint density at radius 3 is 2.78 bits per heavy atom. The number of allylic oxidation sites excluding steroid dienone is 2. The number of anilines is 1. The summed E-state index contributed by atoms with van der Waals surface area (Å²) >= 11 is 0. The Bertz CT molecular complexity index is 783. The van der Waals surface area contributed by atoms with Crippen LogP contribution in [0.25, 0.3) is 5.57 Å². The van der Waals surface area contributed by atoms with E-state index in [9.17, 15) is 9.90 Å². The normalized spacial score (nSPS) is 30.0. The highest BCUT2D eigenvalue weighted by Crippen LogP contribution is 2.50. The van der Waals surface area contributed by atoms with Crippen molar-refractivity contribution < 1.29 is 9.90 Å². The molecule has 144 valence electrons. The van der Waals surface area contributed by atoms with E-state index in [0.717, 1.165) is 32.2 Å². The summed E-state index contributed by atoms with van der Waals surface area (Å²) in [6.45, 7) is 0.983. The van der Waals surface area contributed by atoms with E-state index in [-0.39, 0.29) is 24.6 Å². The van der Waals surface area contributed by atoms with Crippen molar-refractivity contribution in [1.82, 2.24) is 4.90 Å². The van der Waals surface area contributed by atoms with E-state index < -0.39 is 0 Å². The third kappa shape index (κ3) is 2.80. The molecule has 1 amide bonds. The lowest BCUT2D eigenvalue weighted by Crippen LogP contribution is -2.48. The van der Waals surface area contributed by atoms with Gasteiger partial charge in [-0.05, 0) is 73.8 Å². The fraction of sp³-hybridized carbons (Fsp3) is 0.609. The Balaban J connectivity index is 1.58. The monoisotopic (exact) mass is 366 g/mol. The van der Waals surface area contributed by atoms with Crippen LogP contribution in [0.15, 0.2) is 24.3 Å². The first-order valence-electron chi connectivity index (χ1n) is 10.7. The summed E-state index contributed by atoms with van der Waals surface area (Å²) in [6.07, 6.45) is 10.4. The van der Waals surface area contributed by atoms with E-state index in [4.69, 9.17) is 0 Å². The second-order valence-corrected chi connectivity index (χ2v) is 8.81. The first-order valence-corrected chi connectivity index (χ1v) is 10.7. The van der Waals surface area contributed by atoms with Crippen molar-refractivity contribution in [2.24, 2.45) is 11.8 Å². The second-order valence-electron chi connectivity index (χ2n) is 8.81. The van der Waals surface area contributed by atoms with Gasteiger partial charge in [-0.25, -0.2) is 0 Å². The number of likely N-dealkylation sites (tertiary alicyclic amines) is 1. The Hall–Kier alpha value is -1.81. The molecule has 4 heteroatoms. The maximum Gasteiger partial charge on any atom is 0.226 e. The van der Waals surface area contributed by atoms with Gasteiger partial charge in [0, 0.05) is 31.1 Å². The van der Waals surface area contributed by atoms with Gasteiger partial charge in [-0.1, -0.05) is 12.1 Å². The van der Waals surface area contributed by atoms with Crippen molar-refractivity contribution in [1.29, 1.82) is 0 Å². The summed E-state index contributed by atoms with van der Waals surface area (Å²) in [5.74, 6) is 0.923. The van der Waals surface area contributed by atoms with Crippen LogP contribution in [0.3, 0.4) is 0 Å². The second kappa shape index (κ2) is 6.66. The lowest BCUT2D eigenvalue weighted by Gasteiger charge is -2.44. The first kappa shape index (κ1) is 17.3. The predicted octanol–water partition coefficient (Wildman–Crippen LogP) is 3.75. The van der Waals surface area contributed by atoms with Crippen LogP contribution in [0.1, 0.15) is 62.1 Å². The van der Waals surface area contributed by atoms with Crippen LogP contribution in [0.5, 0.6) is 0 Å². The minimum absolute atomic E-state index is 0.0965. The van der Waals surface area contributed by atoms with Crippen molar-refractivity contribution in [3.8, 4) is 0 Å².